The van der Waals surface area contributed by atoms with Crippen LogP contribution in [0.4, 0.5) is 5.69 Å². The number of hydrogen-bond donors (Lipinski definition) is 1. The van der Waals surface area contributed by atoms with Crippen molar-refractivity contribution in [2.75, 3.05) is 26.1 Å². The lowest BCUT2D eigenvalue weighted by atomic mass is 9.75. The van der Waals surface area contributed by atoms with Crippen molar-refractivity contribution < 1.29 is 19.1 Å². The Hall–Kier alpha value is -3.80. The van der Waals surface area contributed by atoms with E-state index in [-0.39, 0.29) is 11.8 Å². The zero-order valence-corrected chi connectivity index (χ0v) is 19.6. The van der Waals surface area contributed by atoms with Gasteiger partial charge in [0.1, 0.15) is 0 Å². The van der Waals surface area contributed by atoms with E-state index in [1.54, 1.807) is 26.4 Å². The maximum atomic E-state index is 14.0. The van der Waals surface area contributed by atoms with Gasteiger partial charge in [-0.25, -0.2) is 0 Å². The molecule has 2 atom stereocenters. The summed E-state index contributed by atoms with van der Waals surface area (Å²) in [5.74, 6) is 0.139. The number of carbonyl (C=O) groups excluding carboxylic acids is 2. The lowest BCUT2D eigenvalue weighted by Crippen LogP contribution is -2.49. The number of nitrogens with zero attached hydrogens (tertiary/aromatic N) is 1. The number of hydrogen-bond acceptors (Lipinski definition) is 4. The van der Waals surface area contributed by atoms with Crippen LogP contribution in [-0.2, 0) is 17.6 Å². The molecule has 174 valence electrons. The predicted octanol–water partition coefficient (Wildman–Crippen LogP) is 4.74. The molecule has 0 bridgehead atoms. The third kappa shape index (κ3) is 3.50. The number of fused-ring (bicyclic) bond motifs is 4. The normalized spacial score (nSPS) is 18.4. The van der Waals surface area contributed by atoms with Crippen LogP contribution < -0.4 is 14.8 Å². The number of methoxy groups -OCH3 is 2. The summed E-state index contributed by atoms with van der Waals surface area (Å²) < 4.78 is 11.0. The van der Waals surface area contributed by atoms with Gasteiger partial charge in [0.15, 0.2) is 11.5 Å². The van der Waals surface area contributed by atoms with E-state index in [2.05, 4.69) is 18.3 Å². The molecule has 2 heterocycles. The van der Waals surface area contributed by atoms with Crippen LogP contribution in [0.25, 0.3) is 0 Å². The fraction of sp³-hybridized carbons (Fsp3) is 0.286. The molecule has 0 fully saturated rings. The number of aryl methyl sites for hydroxylation is 1. The highest BCUT2D eigenvalue weighted by molar-refractivity contribution is 6.05. The van der Waals surface area contributed by atoms with Crippen LogP contribution in [0.2, 0.25) is 0 Å². The molecule has 6 nitrogen and oxygen atoms in total. The van der Waals surface area contributed by atoms with E-state index in [9.17, 15) is 9.59 Å². The topological polar surface area (TPSA) is 67.9 Å². The first-order valence-corrected chi connectivity index (χ1v) is 11.6. The molecule has 2 aliphatic heterocycles. The van der Waals surface area contributed by atoms with Crippen LogP contribution >= 0.6 is 0 Å². The molecule has 2 aliphatic rings. The summed E-state index contributed by atoms with van der Waals surface area (Å²) in [4.78, 5) is 29.5. The maximum absolute atomic E-state index is 14.0. The molecule has 6 heteroatoms. The van der Waals surface area contributed by atoms with Crippen molar-refractivity contribution in [3.63, 3.8) is 0 Å². The summed E-state index contributed by atoms with van der Waals surface area (Å²) in [5.41, 5.74) is 5.20. The summed E-state index contributed by atoms with van der Waals surface area (Å²) in [7, 11) is 3.10. The van der Waals surface area contributed by atoms with Crippen molar-refractivity contribution in [3.05, 3.63) is 88.5 Å². The second-order valence-corrected chi connectivity index (χ2v) is 8.66. The van der Waals surface area contributed by atoms with E-state index in [1.807, 2.05) is 47.4 Å². The van der Waals surface area contributed by atoms with Gasteiger partial charge in [-0.3, -0.25) is 9.59 Å². The SMILES string of the molecule is CCc1ccccc1NC(=O)[C@H]1c2cc(OC)c(OC)cc2C(=O)N2CCc3ccccc3[C@H]12. The monoisotopic (exact) mass is 456 g/mol. The van der Waals surface area contributed by atoms with E-state index < -0.39 is 12.0 Å². The Kier molecular flexibility index (Phi) is 5.74. The first-order valence-electron chi connectivity index (χ1n) is 11.6. The van der Waals surface area contributed by atoms with Crippen molar-refractivity contribution >= 4 is 17.5 Å². The fourth-order valence-electron chi connectivity index (χ4n) is 5.29. The van der Waals surface area contributed by atoms with Gasteiger partial charge < -0.3 is 19.7 Å². The predicted molar refractivity (Wildman–Crippen MR) is 131 cm³/mol. The summed E-state index contributed by atoms with van der Waals surface area (Å²) in [6.07, 6.45) is 1.56. The minimum atomic E-state index is -0.598. The standard InChI is InChI=1S/C28H28N2O4/c1-4-17-9-6-8-12-22(17)29-27(31)25-20-15-23(33-2)24(34-3)16-21(20)28(32)30-14-13-18-10-5-7-11-19(18)26(25)30/h5-12,15-16,25-26H,4,13-14H2,1-3H3,(H,29,31)/t25-,26+/m0/s1. The molecule has 0 spiro atoms. The van der Waals surface area contributed by atoms with E-state index in [0.29, 0.717) is 29.2 Å². The Bertz CT molecular complexity index is 1270. The Morgan fingerprint density at radius 2 is 1.71 bits per heavy atom. The van der Waals surface area contributed by atoms with Gasteiger partial charge >= 0.3 is 0 Å². The number of amides is 2. The van der Waals surface area contributed by atoms with Crippen LogP contribution in [0.5, 0.6) is 11.5 Å². The zero-order chi connectivity index (χ0) is 23.8. The molecule has 2 amide bonds. The molecular weight excluding hydrogens is 428 g/mol. The second-order valence-electron chi connectivity index (χ2n) is 8.66. The number of benzene rings is 3. The first-order chi connectivity index (χ1) is 16.6. The van der Waals surface area contributed by atoms with Crippen LogP contribution in [0.3, 0.4) is 0 Å². The van der Waals surface area contributed by atoms with Crippen LogP contribution in [0.1, 0.15) is 51.5 Å². The van der Waals surface area contributed by atoms with E-state index in [0.717, 1.165) is 29.7 Å². The summed E-state index contributed by atoms with van der Waals surface area (Å²) in [6, 6.07) is 19.0. The van der Waals surface area contributed by atoms with Crippen molar-refractivity contribution in [2.45, 2.75) is 31.7 Å². The molecular formula is C28H28N2O4. The van der Waals surface area contributed by atoms with Crippen LogP contribution in [0, 0.1) is 0 Å². The molecule has 0 saturated heterocycles. The van der Waals surface area contributed by atoms with Crippen molar-refractivity contribution in [1.82, 2.24) is 4.90 Å². The number of anilines is 1. The zero-order valence-electron chi connectivity index (χ0n) is 19.6. The highest BCUT2D eigenvalue weighted by atomic mass is 16.5. The van der Waals surface area contributed by atoms with Gasteiger partial charge in [0, 0.05) is 17.8 Å². The average Bonchev–Trinajstić information content (AvgIpc) is 2.88. The van der Waals surface area contributed by atoms with Crippen LogP contribution in [0.15, 0.2) is 60.7 Å². The number of nitrogens with one attached hydrogen (secondary N) is 1. The van der Waals surface area contributed by atoms with Gasteiger partial charge in [-0.2, -0.15) is 0 Å². The first kappa shape index (κ1) is 22.0. The molecule has 3 aromatic carbocycles. The van der Waals surface area contributed by atoms with Crippen LogP contribution in [-0.4, -0.2) is 37.5 Å². The summed E-state index contributed by atoms with van der Waals surface area (Å²) in [5, 5.41) is 3.17. The minimum absolute atomic E-state index is 0.0894. The van der Waals surface area contributed by atoms with Gasteiger partial charge in [-0.15, -0.1) is 0 Å². The number of rotatable bonds is 5. The molecule has 1 N–H and O–H groups in total. The summed E-state index contributed by atoms with van der Waals surface area (Å²) >= 11 is 0. The molecule has 0 radical (unpaired) electrons. The molecule has 5 rings (SSSR count). The lowest BCUT2D eigenvalue weighted by Gasteiger charge is -2.45. The molecule has 0 aliphatic carbocycles. The average molecular weight is 457 g/mol. The number of ether oxygens (including phenoxy) is 2. The van der Waals surface area contributed by atoms with E-state index in [4.69, 9.17) is 9.47 Å². The van der Waals surface area contributed by atoms with Crippen molar-refractivity contribution in [1.29, 1.82) is 0 Å². The third-order valence-electron chi connectivity index (χ3n) is 6.97. The lowest BCUT2D eigenvalue weighted by molar-refractivity contribution is -0.119. The quantitative estimate of drug-likeness (QED) is 0.602. The largest absolute Gasteiger partial charge is 0.493 e. The maximum Gasteiger partial charge on any atom is 0.254 e. The molecule has 0 saturated carbocycles. The third-order valence-corrected chi connectivity index (χ3v) is 6.97. The number of carbonyl (C=O) groups is 2. The smallest absolute Gasteiger partial charge is 0.254 e. The fourth-order valence-corrected chi connectivity index (χ4v) is 5.29. The van der Waals surface area contributed by atoms with Crippen molar-refractivity contribution in [3.8, 4) is 11.5 Å². The highest BCUT2D eigenvalue weighted by Crippen LogP contribution is 2.48. The van der Waals surface area contributed by atoms with E-state index >= 15 is 0 Å². The Morgan fingerprint density at radius 3 is 2.47 bits per heavy atom. The summed E-state index contributed by atoms with van der Waals surface area (Å²) in [6.45, 7) is 2.62. The van der Waals surface area contributed by atoms with E-state index in [1.165, 1.54) is 5.56 Å². The van der Waals surface area contributed by atoms with Gasteiger partial charge in [0.05, 0.1) is 26.2 Å². The Labute approximate surface area is 199 Å². The van der Waals surface area contributed by atoms with Gasteiger partial charge in [0.25, 0.3) is 5.91 Å². The van der Waals surface area contributed by atoms with Gasteiger partial charge in [0.2, 0.25) is 5.91 Å². The Morgan fingerprint density at radius 1 is 1.00 bits per heavy atom. The molecule has 34 heavy (non-hydrogen) atoms. The number of para-hydroxylation sites is 1. The van der Waals surface area contributed by atoms with Gasteiger partial charge in [-0.05, 0) is 53.3 Å². The molecule has 0 unspecified atom stereocenters. The Balaban J connectivity index is 1.68. The highest BCUT2D eigenvalue weighted by Gasteiger charge is 2.47. The minimum Gasteiger partial charge on any atom is -0.493 e. The molecule has 3 aromatic rings. The van der Waals surface area contributed by atoms with Crippen molar-refractivity contribution in [2.24, 2.45) is 0 Å². The molecule has 0 aromatic heterocycles. The second kappa shape index (κ2) is 8.86. The van der Waals surface area contributed by atoms with Gasteiger partial charge in [-0.1, -0.05) is 49.4 Å².